The van der Waals surface area contributed by atoms with Crippen molar-refractivity contribution in [2.75, 3.05) is 65.7 Å². The molecule has 1 aliphatic heterocycles. The highest BCUT2D eigenvalue weighted by molar-refractivity contribution is 5.67. The van der Waals surface area contributed by atoms with Crippen molar-refractivity contribution in [1.29, 1.82) is 0 Å². The van der Waals surface area contributed by atoms with E-state index in [1.165, 1.54) is 12.1 Å². The highest BCUT2D eigenvalue weighted by Gasteiger charge is 2.08. The second kappa shape index (κ2) is 13.0. The number of hydrogen-bond donors (Lipinski definition) is 2. The summed E-state index contributed by atoms with van der Waals surface area (Å²) in [5, 5.41) is 16.5. The van der Waals surface area contributed by atoms with Gasteiger partial charge in [0, 0.05) is 51.4 Å². The molecule has 1 aromatic carbocycles. The van der Waals surface area contributed by atoms with E-state index >= 15 is 0 Å². The molecule has 0 saturated carbocycles. The van der Waals surface area contributed by atoms with Crippen molar-refractivity contribution in [3.05, 3.63) is 39.9 Å². The topological polar surface area (TPSA) is 115 Å². The Morgan fingerprint density at radius 3 is 2.46 bits per heavy atom. The van der Waals surface area contributed by atoms with E-state index < -0.39 is 11.0 Å². The zero-order valence-electron chi connectivity index (χ0n) is 15.9. The molecule has 0 radical (unpaired) electrons. The molecule has 156 valence electrons. The molecule has 0 aromatic heterocycles. The number of hydrogen-bond acceptors (Lipinski definition) is 8. The molecule has 0 aliphatic carbocycles. The van der Waals surface area contributed by atoms with Crippen molar-refractivity contribution in [1.82, 2.24) is 15.5 Å². The Balaban J connectivity index is 1.40. The second-order valence-corrected chi connectivity index (χ2v) is 6.24. The van der Waals surface area contributed by atoms with Crippen molar-refractivity contribution >= 4 is 11.8 Å². The molecule has 2 N–H and O–H groups in total. The predicted molar refractivity (Wildman–Crippen MR) is 102 cm³/mol. The fraction of sp³-hybridized carbons (Fsp3) is 0.611. The van der Waals surface area contributed by atoms with Crippen molar-refractivity contribution in [2.45, 2.75) is 6.61 Å². The fourth-order valence-corrected chi connectivity index (χ4v) is 2.59. The van der Waals surface area contributed by atoms with Crippen LogP contribution in [0.2, 0.25) is 0 Å². The van der Waals surface area contributed by atoms with Crippen LogP contribution in [-0.2, 0) is 20.8 Å². The number of carbonyl (C=O) groups excluding carboxylic acids is 1. The molecule has 2 rings (SSSR count). The lowest BCUT2D eigenvalue weighted by atomic mass is 10.2. The van der Waals surface area contributed by atoms with Gasteiger partial charge in [-0.05, 0) is 17.7 Å². The van der Waals surface area contributed by atoms with Gasteiger partial charge in [0.1, 0.15) is 6.61 Å². The molecule has 1 aliphatic rings. The van der Waals surface area contributed by atoms with Gasteiger partial charge in [0.25, 0.3) is 5.69 Å². The van der Waals surface area contributed by atoms with Gasteiger partial charge in [-0.1, -0.05) is 0 Å². The average Bonchev–Trinajstić information content (AvgIpc) is 2.72. The van der Waals surface area contributed by atoms with Crippen LogP contribution in [0.4, 0.5) is 10.5 Å². The van der Waals surface area contributed by atoms with Crippen molar-refractivity contribution < 1.29 is 23.9 Å². The van der Waals surface area contributed by atoms with E-state index in [0.29, 0.717) is 38.5 Å². The first-order valence-electron chi connectivity index (χ1n) is 9.37. The lowest BCUT2D eigenvalue weighted by Gasteiger charge is -2.26. The lowest BCUT2D eigenvalue weighted by molar-refractivity contribution is -0.384. The third kappa shape index (κ3) is 9.09. The molecule has 0 bridgehead atoms. The van der Waals surface area contributed by atoms with Crippen LogP contribution in [-0.4, -0.2) is 81.6 Å². The first-order valence-corrected chi connectivity index (χ1v) is 9.37. The maximum absolute atomic E-state index is 11.6. The minimum absolute atomic E-state index is 0.00174. The monoisotopic (exact) mass is 396 g/mol. The van der Waals surface area contributed by atoms with Crippen LogP contribution in [0.5, 0.6) is 0 Å². The van der Waals surface area contributed by atoms with Crippen molar-refractivity contribution in [3.8, 4) is 0 Å². The summed E-state index contributed by atoms with van der Waals surface area (Å²) < 4.78 is 16.0. The summed E-state index contributed by atoms with van der Waals surface area (Å²) in [7, 11) is 0. The first kappa shape index (κ1) is 22.0. The molecule has 1 heterocycles. The number of nitro groups is 1. The number of amides is 1. The second-order valence-electron chi connectivity index (χ2n) is 6.24. The number of non-ortho nitro benzene ring substituents is 1. The predicted octanol–water partition coefficient (Wildman–Crippen LogP) is 0.759. The van der Waals surface area contributed by atoms with Gasteiger partial charge in [-0.25, -0.2) is 4.79 Å². The van der Waals surface area contributed by atoms with Crippen LogP contribution in [0.25, 0.3) is 0 Å². The van der Waals surface area contributed by atoms with E-state index in [0.717, 1.165) is 32.7 Å². The minimum Gasteiger partial charge on any atom is -0.445 e. The summed E-state index contributed by atoms with van der Waals surface area (Å²) in [4.78, 5) is 24.0. The molecule has 28 heavy (non-hydrogen) atoms. The molecule has 1 aromatic rings. The Hall–Kier alpha value is -2.27. The Morgan fingerprint density at radius 1 is 1.11 bits per heavy atom. The summed E-state index contributed by atoms with van der Waals surface area (Å²) in [6, 6.07) is 5.85. The summed E-state index contributed by atoms with van der Waals surface area (Å²) in [6.07, 6.45) is -0.561. The normalized spacial score (nSPS) is 14.6. The van der Waals surface area contributed by atoms with Crippen LogP contribution in [0, 0.1) is 10.1 Å². The van der Waals surface area contributed by atoms with Crippen molar-refractivity contribution in [3.63, 3.8) is 0 Å². The van der Waals surface area contributed by atoms with Crippen LogP contribution in [0.3, 0.4) is 0 Å². The molecule has 1 fully saturated rings. The summed E-state index contributed by atoms with van der Waals surface area (Å²) in [5.41, 5.74) is 0.674. The smallest absolute Gasteiger partial charge is 0.407 e. The average molecular weight is 396 g/mol. The fourth-order valence-electron chi connectivity index (χ4n) is 2.59. The summed E-state index contributed by atoms with van der Waals surface area (Å²) in [5.74, 6) is 0. The zero-order chi connectivity index (χ0) is 20.0. The number of nitrogens with one attached hydrogen (secondary N) is 2. The molecule has 10 nitrogen and oxygen atoms in total. The van der Waals surface area contributed by atoms with Crippen molar-refractivity contribution in [2.24, 2.45) is 0 Å². The van der Waals surface area contributed by atoms with Crippen LogP contribution < -0.4 is 10.6 Å². The van der Waals surface area contributed by atoms with Gasteiger partial charge in [-0.2, -0.15) is 0 Å². The summed E-state index contributed by atoms with van der Waals surface area (Å²) >= 11 is 0. The van der Waals surface area contributed by atoms with Gasteiger partial charge >= 0.3 is 6.09 Å². The highest BCUT2D eigenvalue weighted by atomic mass is 16.6. The van der Waals surface area contributed by atoms with Gasteiger partial charge in [0.15, 0.2) is 0 Å². The Morgan fingerprint density at radius 2 is 1.79 bits per heavy atom. The number of benzene rings is 1. The van der Waals surface area contributed by atoms with Crippen LogP contribution >= 0.6 is 0 Å². The number of rotatable bonds is 12. The van der Waals surface area contributed by atoms with E-state index in [1.807, 2.05) is 0 Å². The lowest BCUT2D eigenvalue weighted by Crippen LogP contribution is -2.44. The largest absolute Gasteiger partial charge is 0.445 e. The number of nitro benzene ring substituents is 1. The number of carbonyl (C=O) groups is 1. The molecule has 0 spiro atoms. The van der Waals surface area contributed by atoms with E-state index in [1.54, 1.807) is 12.1 Å². The van der Waals surface area contributed by atoms with Gasteiger partial charge < -0.3 is 24.8 Å². The maximum Gasteiger partial charge on any atom is 0.407 e. The van der Waals surface area contributed by atoms with Crippen LogP contribution in [0.15, 0.2) is 24.3 Å². The molecular formula is C18H28N4O6. The quantitative estimate of drug-likeness (QED) is 0.302. The standard InChI is InChI=1S/C18H28N4O6/c23-18(28-15-16-1-3-17(4-2-16)22(24)25)20-7-11-26-13-14-27-12-10-21-8-5-19-6-9-21/h1-4,19H,5-15H2,(H,20,23). The molecule has 0 unspecified atom stereocenters. The zero-order valence-corrected chi connectivity index (χ0v) is 15.9. The third-order valence-electron chi connectivity index (χ3n) is 4.17. The summed E-state index contributed by atoms with van der Waals surface area (Å²) in [6.45, 7) is 7.56. The Bertz CT molecular complexity index is 592. The maximum atomic E-state index is 11.6. The minimum atomic E-state index is -0.561. The third-order valence-corrected chi connectivity index (χ3v) is 4.17. The number of alkyl carbamates (subject to hydrolysis) is 1. The van der Waals surface area contributed by atoms with E-state index in [-0.39, 0.29) is 12.3 Å². The van der Waals surface area contributed by atoms with Gasteiger partial charge in [-0.3, -0.25) is 15.0 Å². The van der Waals surface area contributed by atoms with E-state index in [2.05, 4.69) is 15.5 Å². The molecule has 10 heteroatoms. The first-order chi connectivity index (χ1) is 13.6. The highest BCUT2D eigenvalue weighted by Crippen LogP contribution is 2.12. The SMILES string of the molecule is O=C(NCCOCCOCCN1CCNCC1)OCc1ccc([N+](=O)[O-])cc1. The molecule has 1 amide bonds. The van der Waals surface area contributed by atoms with Gasteiger partial charge in [0.05, 0.1) is 31.4 Å². The van der Waals surface area contributed by atoms with E-state index in [4.69, 9.17) is 14.2 Å². The Kier molecular flexibility index (Phi) is 10.2. The van der Waals surface area contributed by atoms with Crippen LogP contribution in [0.1, 0.15) is 5.56 Å². The number of nitrogens with zero attached hydrogens (tertiary/aromatic N) is 2. The number of ether oxygens (including phenoxy) is 3. The molecular weight excluding hydrogens is 368 g/mol. The molecule has 1 saturated heterocycles. The Labute approximate surface area is 164 Å². The van der Waals surface area contributed by atoms with Gasteiger partial charge in [0.2, 0.25) is 0 Å². The van der Waals surface area contributed by atoms with E-state index in [9.17, 15) is 14.9 Å². The van der Waals surface area contributed by atoms with Gasteiger partial charge in [-0.15, -0.1) is 0 Å². The molecule has 0 atom stereocenters. The number of piperazine rings is 1.